The highest BCUT2D eigenvalue weighted by atomic mass is 79.9. The van der Waals surface area contributed by atoms with E-state index in [-0.39, 0.29) is 0 Å². The molecule has 0 aliphatic heterocycles. The van der Waals surface area contributed by atoms with Gasteiger partial charge in [-0.3, -0.25) is 5.32 Å². The maximum atomic E-state index is 9.48. The molecule has 0 heterocycles. The lowest BCUT2D eigenvalue weighted by Gasteiger charge is -2.23. The number of fused-ring (bicyclic) bond motifs is 1. The summed E-state index contributed by atoms with van der Waals surface area (Å²) in [6.45, 7) is 0.854. The molecule has 18 heavy (non-hydrogen) atoms. The zero-order valence-electron chi connectivity index (χ0n) is 9.73. The average molecular weight is 306 g/mol. The van der Waals surface area contributed by atoms with Crippen molar-refractivity contribution in [2.45, 2.75) is 18.4 Å². The molecule has 1 aliphatic carbocycles. The van der Waals surface area contributed by atoms with E-state index in [4.69, 9.17) is 5.53 Å². The smallest absolute Gasteiger partial charge is 0.132 e. The molecule has 2 rings (SSSR count). The first-order chi connectivity index (χ1) is 8.73. The summed E-state index contributed by atoms with van der Waals surface area (Å²) in [6.07, 6.45) is 1.62. The monoisotopic (exact) mass is 305 g/mol. The molecule has 0 radical (unpaired) electrons. The van der Waals surface area contributed by atoms with Gasteiger partial charge in [-0.1, -0.05) is 33.2 Å². The number of hydrogen-bond acceptors (Lipinski definition) is 3. The van der Waals surface area contributed by atoms with Crippen LogP contribution in [-0.4, -0.2) is 13.1 Å². The lowest BCUT2D eigenvalue weighted by molar-refractivity contribution is 0.431. The van der Waals surface area contributed by atoms with Crippen LogP contribution in [0.4, 0.5) is 0 Å². The van der Waals surface area contributed by atoms with Crippen LogP contribution in [0.2, 0.25) is 0 Å². The third kappa shape index (κ3) is 2.21. The predicted octanol–water partition coefficient (Wildman–Crippen LogP) is 3.01. The number of benzene rings is 1. The Balaban J connectivity index is 2.24. The Morgan fingerprint density at radius 3 is 3.17 bits per heavy atom. The molecule has 0 saturated heterocycles. The van der Waals surface area contributed by atoms with E-state index in [1.807, 2.05) is 18.2 Å². The van der Waals surface area contributed by atoms with Gasteiger partial charge in [0.05, 0.1) is 6.07 Å². The van der Waals surface area contributed by atoms with E-state index in [0.29, 0.717) is 13.1 Å². The molecule has 1 atom stereocenters. The topological polar surface area (TPSA) is 84.6 Å². The van der Waals surface area contributed by atoms with Crippen LogP contribution in [0.5, 0.6) is 0 Å². The van der Waals surface area contributed by atoms with Crippen molar-refractivity contribution >= 4 is 15.9 Å². The molecular weight excluding hydrogens is 294 g/mol. The predicted molar refractivity (Wildman–Crippen MR) is 71.8 cm³/mol. The van der Waals surface area contributed by atoms with Crippen molar-refractivity contribution in [1.82, 2.24) is 5.32 Å². The van der Waals surface area contributed by atoms with Gasteiger partial charge in [-0.25, -0.2) is 0 Å². The Kier molecular flexibility index (Phi) is 3.87. The molecule has 1 aromatic rings. The standard InChI is InChI=1S/C12H12BrN5/c13-11-3-1-2-10-9(11)4-5-12(10,8-14)16-6-7-17-18-15/h1-3,16H,4-7H2. The molecule has 1 aliphatic rings. The van der Waals surface area contributed by atoms with Gasteiger partial charge in [-0.15, -0.1) is 0 Å². The summed E-state index contributed by atoms with van der Waals surface area (Å²) in [6, 6.07) is 8.29. The second-order valence-electron chi connectivity index (χ2n) is 4.16. The molecule has 0 spiro atoms. The highest BCUT2D eigenvalue weighted by molar-refractivity contribution is 9.10. The zero-order chi connectivity index (χ0) is 13.0. The molecular formula is C12H12BrN5. The largest absolute Gasteiger partial charge is 0.296 e. The summed E-state index contributed by atoms with van der Waals surface area (Å²) >= 11 is 3.52. The van der Waals surface area contributed by atoms with Gasteiger partial charge < -0.3 is 0 Å². The fourth-order valence-corrected chi connectivity index (χ4v) is 2.93. The molecule has 0 bridgehead atoms. The Morgan fingerprint density at radius 2 is 2.44 bits per heavy atom. The molecule has 1 N–H and O–H groups in total. The number of nitrogens with zero attached hydrogens (tertiary/aromatic N) is 4. The highest BCUT2D eigenvalue weighted by Crippen LogP contribution is 2.39. The Morgan fingerprint density at radius 1 is 1.61 bits per heavy atom. The molecule has 0 amide bonds. The van der Waals surface area contributed by atoms with Gasteiger partial charge in [-0.2, -0.15) is 5.26 Å². The average Bonchev–Trinajstić information content (AvgIpc) is 2.76. The maximum absolute atomic E-state index is 9.48. The van der Waals surface area contributed by atoms with Gasteiger partial charge in [0, 0.05) is 22.5 Å². The summed E-state index contributed by atoms with van der Waals surface area (Å²) in [4.78, 5) is 2.70. The first-order valence-corrected chi connectivity index (χ1v) is 6.48. The number of nitriles is 1. The number of halogens is 1. The summed E-state index contributed by atoms with van der Waals surface area (Å²) in [5.74, 6) is 0. The van der Waals surface area contributed by atoms with Gasteiger partial charge >= 0.3 is 0 Å². The van der Waals surface area contributed by atoms with E-state index >= 15 is 0 Å². The zero-order valence-corrected chi connectivity index (χ0v) is 11.3. The van der Waals surface area contributed by atoms with Gasteiger partial charge in [0.15, 0.2) is 0 Å². The molecule has 0 aromatic heterocycles. The molecule has 1 aromatic carbocycles. The quantitative estimate of drug-likeness (QED) is 0.401. The molecule has 5 nitrogen and oxygen atoms in total. The van der Waals surface area contributed by atoms with Crippen LogP contribution >= 0.6 is 15.9 Å². The van der Waals surface area contributed by atoms with Crippen LogP contribution in [0, 0.1) is 11.3 Å². The number of azide groups is 1. The van der Waals surface area contributed by atoms with E-state index in [1.54, 1.807) is 0 Å². The third-order valence-corrected chi connectivity index (χ3v) is 3.96. The van der Waals surface area contributed by atoms with Crippen molar-refractivity contribution in [1.29, 1.82) is 5.26 Å². The molecule has 92 valence electrons. The second-order valence-corrected chi connectivity index (χ2v) is 5.02. The first-order valence-electron chi connectivity index (χ1n) is 5.68. The summed E-state index contributed by atoms with van der Waals surface area (Å²) in [5, 5.41) is 16.2. The van der Waals surface area contributed by atoms with Crippen molar-refractivity contribution in [2.75, 3.05) is 13.1 Å². The van der Waals surface area contributed by atoms with Gasteiger partial charge in [0.1, 0.15) is 5.54 Å². The van der Waals surface area contributed by atoms with Crippen LogP contribution in [-0.2, 0) is 12.0 Å². The first kappa shape index (κ1) is 12.9. The molecule has 6 heteroatoms. The highest BCUT2D eigenvalue weighted by Gasteiger charge is 2.39. The fraction of sp³-hybridized carbons (Fsp3) is 0.417. The van der Waals surface area contributed by atoms with Crippen molar-refractivity contribution in [2.24, 2.45) is 5.11 Å². The van der Waals surface area contributed by atoms with Crippen LogP contribution in [0.25, 0.3) is 10.4 Å². The summed E-state index contributed by atoms with van der Waals surface area (Å²) in [7, 11) is 0. The van der Waals surface area contributed by atoms with Crippen molar-refractivity contribution in [3.05, 3.63) is 44.2 Å². The van der Waals surface area contributed by atoms with E-state index in [9.17, 15) is 5.26 Å². The number of hydrogen-bond donors (Lipinski definition) is 1. The van der Waals surface area contributed by atoms with Gasteiger partial charge in [-0.05, 0) is 35.6 Å². The van der Waals surface area contributed by atoms with Crippen LogP contribution in [0.1, 0.15) is 17.5 Å². The van der Waals surface area contributed by atoms with Crippen molar-refractivity contribution in [3.8, 4) is 6.07 Å². The number of nitrogens with one attached hydrogen (secondary N) is 1. The van der Waals surface area contributed by atoms with Gasteiger partial charge in [0.2, 0.25) is 0 Å². The Labute approximate surface area is 114 Å². The van der Waals surface area contributed by atoms with E-state index in [2.05, 4.69) is 37.3 Å². The minimum absolute atomic E-state index is 0.350. The molecule has 1 unspecified atom stereocenters. The van der Waals surface area contributed by atoms with Crippen molar-refractivity contribution in [3.63, 3.8) is 0 Å². The van der Waals surface area contributed by atoms with E-state index < -0.39 is 5.54 Å². The van der Waals surface area contributed by atoms with E-state index in [1.165, 1.54) is 5.56 Å². The van der Waals surface area contributed by atoms with Crippen LogP contribution < -0.4 is 5.32 Å². The van der Waals surface area contributed by atoms with Gasteiger partial charge in [0.25, 0.3) is 0 Å². The van der Waals surface area contributed by atoms with E-state index in [0.717, 1.165) is 22.9 Å². The van der Waals surface area contributed by atoms with Crippen LogP contribution in [0.3, 0.4) is 0 Å². The van der Waals surface area contributed by atoms with Crippen LogP contribution in [0.15, 0.2) is 27.8 Å². The fourth-order valence-electron chi connectivity index (χ4n) is 2.36. The normalized spacial score (nSPS) is 20.9. The SMILES string of the molecule is N#CC1(NCCN=[N+]=[N-])CCc2c(Br)cccc21. The number of rotatable bonds is 4. The minimum Gasteiger partial charge on any atom is -0.296 e. The second kappa shape index (κ2) is 5.40. The lowest BCUT2D eigenvalue weighted by atomic mass is 9.93. The molecule has 0 saturated carbocycles. The summed E-state index contributed by atoms with van der Waals surface area (Å²) < 4.78 is 1.05. The minimum atomic E-state index is -0.649. The third-order valence-electron chi connectivity index (χ3n) is 3.22. The maximum Gasteiger partial charge on any atom is 0.132 e. The Bertz CT molecular complexity index is 544. The summed E-state index contributed by atoms with van der Waals surface area (Å²) in [5.41, 5.74) is 9.80. The molecule has 0 fully saturated rings. The lowest BCUT2D eigenvalue weighted by Crippen LogP contribution is -2.40. The Hall–Kier alpha value is -1.54. The van der Waals surface area contributed by atoms with Crippen molar-refractivity contribution < 1.29 is 0 Å².